The van der Waals surface area contributed by atoms with Crippen LogP contribution in [0.4, 0.5) is 5.69 Å². The molecule has 2 N–H and O–H groups in total. The molecule has 1 aromatic carbocycles. The van der Waals surface area contributed by atoms with Gasteiger partial charge in [-0.15, -0.1) is 0 Å². The van der Waals surface area contributed by atoms with Gasteiger partial charge in [-0.1, -0.05) is 26.8 Å². The number of aliphatic hydroxyl groups is 1. The molecule has 5 nitrogen and oxygen atoms in total. The lowest BCUT2D eigenvalue weighted by Crippen LogP contribution is -2.43. The molecule has 2 rings (SSSR count). The fourth-order valence-electron chi connectivity index (χ4n) is 2.91. The molecule has 132 valence electrons. The molecular formula is C19H28N2O3. The summed E-state index contributed by atoms with van der Waals surface area (Å²) < 4.78 is 0. The van der Waals surface area contributed by atoms with Gasteiger partial charge < -0.3 is 15.3 Å². The Morgan fingerprint density at radius 3 is 2.42 bits per heavy atom. The first-order valence-electron chi connectivity index (χ1n) is 8.45. The Bertz CT molecular complexity index is 614. The highest BCUT2D eigenvalue weighted by molar-refractivity contribution is 6.09. The molecule has 0 aromatic heterocycles. The summed E-state index contributed by atoms with van der Waals surface area (Å²) in [4.78, 5) is 26.6. The van der Waals surface area contributed by atoms with Gasteiger partial charge in [0.15, 0.2) is 0 Å². The van der Waals surface area contributed by atoms with Gasteiger partial charge in [0.1, 0.15) is 5.92 Å². The fraction of sp³-hybridized carbons (Fsp3) is 0.579. The molecule has 24 heavy (non-hydrogen) atoms. The third kappa shape index (κ3) is 4.15. The molecule has 1 saturated heterocycles. The molecule has 0 bridgehead atoms. The molecule has 2 atom stereocenters. The molecule has 0 radical (unpaired) electrons. The number of rotatable bonds is 4. The largest absolute Gasteiger partial charge is 0.391 e. The number of carbonyl (C=O) groups is 2. The van der Waals surface area contributed by atoms with E-state index in [1.807, 2.05) is 46.8 Å². The number of hydrogen-bond donors (Lipinski definition) is 2. The van der Waals surface area contributed by atoms with Gasteiger partial charge in [-0.2, -0.15) is 0 Å². The van der Waals surface area contributed by atoms with Crippen molar-refractivity contribution >= 4 is 17.5 Å². The Hall–Kier alpha value is -1.88. The summed E-state index contributed by atoms with van der Waals surface area (Å²) in [6.45, 7) is 10.4. The van der Waals surface area contributed by atoms with E-state index in [9.17, 15) is 14.7 Å². The van der Waals surface area contributed by atoms with Crippen LogP contribution in [0.2, 0.25) is 0 Å². The Kier molecular flexibility index (Phi) is 5.33. The second kappa shape index (κ2) is 6.93. The van der Waals surface area contributed by atoms with E-state index < -0.39 is 12.0 Å². The monoisotopic (exact) mass is 332 g/mol. The summed E-state index contributed by atoms with van der Waals surface area (Å²) in [6.07, 6.45) is -0.142. The Morgan fingerprint density at radius 1 is 1.29 bits per heavy atom. The molecule has 2 unspecified atom stereocenters. The molecule has 1 aromatic rings. The van der Waals surface area contributed by atoms with Gasteiger partial charge in [0.2, 0.25) is 11.8 Å². The van der Waals surface area contributed by atoms with Gasteiger partial charge in [-0.05, 0) is 48.9 Å². The number of amides is 2. The van der Waals surface area contributed by atoms with Crippen molar-refractivity contribution in [3.63, 3.8) is 0 Å². The van der Waals surface area contributed by atoms with Crippen LogP contribution < -0.4 is 10.2 Å². The molecule has 1 heterocycles. The molecule has 2 amide bonds. The zero-order chi connectivity index (χ0) is 18.1. The van der Waals surface area contributed by atoms with Crippen LogP contribution in [0, 0.1) is 25.2 Å². The van der Waals surface area contributed by atoms with Crippen molar-refractivity contribution in [1.29, 1.82) is 0 Å². The van der Waals surface area contributed by atoms with Crippen LogP contribution >= 0.6 is 0 Å². The van der Waals surface area contributed by atoms with E-state index in [0.717, 1.165) is 16.8 Å². The molecule has 1 aliphatic rings. The number of nitrogens with one attached hydrogen (secondary N) is 1. The van der Waals surface area contributed by atoms with Crippen molar-refractivity contribution in [1.82, 2.24) is 5.32 Å². The molecule has 1 aliphatic heterocycles. The predicted molar refractivity (Wildman–Crippen MR) is 94.8 cm³/mol. The highest BCUT2D eigenvalue weighted by Gasteiger charge is 2.38. The number of hydrogen-bond acceptors (Lipinski definition) is 3. The Morgan fingerprint density at radius 2 is 1.88 bits per heavy atom. The third-order valence-electron chi connectivity index (χ3n) is 4.51. The van der Waals surface area contributed by atoms with Crippen LogP contribution in [-0.2, 0) is 9.59 Å². The van der Waals surface area contributed by atoms with Crippen molar-refractivity contribution in [3.05, 3.63) is 29.3 Å². The quantitative estimate of drug-likeness (QED) is 0.830. The maximum Gasteiger partial charge on any atom is 0.239 e. The summed E-state index contributed by atoms with van der Waals surface area (Å²) in [6, 6.07) is 5.99. The van der Waals surface area contributed by atoms with Crippen molar-refractivity contribution in [3.8, 4) is 0 Å². The standard InChI is InChI=1S/C19H28N2O3/c1-12-8-13(2)10-14(9-12)21-7-6-15(18(21)24)17(23)20-11-16(22)19(3,4)5/h8-10,15-16,22H,6-7,11H2,1-5H3,(H,20,23). The average molecular weight is 332 g/mol. The second-order valence-corrected chi connectivity index (χ2v) is 7.80. The van der Waals surface area contributed by atoms with E-state index in [1.165, 1.54) is 0 Å². The van der Waals surface area contributed by atoms with E-state index in [2.05, 4.69) is 11.4 Å². The smallest absolute Gasteiger partial charge is 0.239 e. The Balaban J connectivity index is 2.02. The van der Waals surface area contributed by atoms with E-state index in [1.54, 1.807) is 4.90 Å². The van der Waals surface area contributed by atoms with E-state index in [-0.39, 0.29) is 23.8 Å². The van der Waals surface area contributed by atoms with Crippen molar-refractivity contribution in [2.75, 3.05) is 18.0 Å². The van der Waals surface area contributed by atoms with Crippen LogP contribution in [0.25, 0.3) is 0 Å². The highest BCUT2D eigenvalue weighted by atomic mass is 16.3. The summed E-state index contributed by atoms with van der Waals surface area (Å²) in [5, 5.41) is 12.7. The van der Waals surface area contributed by atoms with E-state index in [4.69, 9.17) is 0 Å². The van der Waals surface area contributed by atoms with Crippen LogP contribution in [0.15, 0.2) is 18.2 Å². The van der Waals surface area contributed by atoms with Crippen LogP contribution in [0.3, 0.4) is 0 Å². The van der Waals surface area contributed by atoms with Gasteiger partial charge >= 0.3 is 0 Å². The number of nitrogens with zero attached hydrogens (tertiary/aromatic N) is 1. The predicted octanol–water partition coefficient (Wildman–Crippen LogP) is 2.18. The zero-order valence-electron chi connectivity index (χ0n) is 15.2. The van der Waals surface area contributed by atoms with Crippen molar-refractivity contribution < 1.29 is 14.7 Å². The molecular weight excluding hydrogens is 304 g/mol. The fourth-order valence-corrected chi connectivity index (χ4v) is 2.91. The number of benzene rings is 1. The van der Waals surface area contributed by atoms with Gasteiger partial charge in [0, 0.05) is 18.8 Å². The van der Waals surface area contributed by atoms with E-state index >= 15 is 0 Å². The second-order valence-electron chi connectivity index (χ2n) is 7.80. The lowest BCUT2D eigenvalue weighted by molar-refractivity contribution is -0.132. The first-order chi connectivity index (χ1) is 11.1. The van der Waals surface area contributed by atoms with E-state index in [0.29, 0.717) is 13.0 Å². The third-order valence-corrected chi connectivity index (χ3v) is 4.51. The average Bonchev–Trinajstić information content (AvgIpc) is 2.84. The lowest BCUT2D eigenvalue weighted by atomic mass is 9.89. The van der Waals surface area contributed by atoms with Crippen molar-refractivity contribution in [2.45, 2.75) is 47.1 Å². The van der Waals surface area contributed by atoms with Gasteiger partial charge in [0.05, 0.1) is 6.10 Å². The first-order valence-corrected chi connectivity index (χ1v) is 8.45. The zero-order valence-corrected chi connectivity index (χ0v) is 15.2. The first kappa shape index (κ1) is 18.5. The molecule has 1 fully saturated rings. The van der Waals surface area contributed by atoms with Crippen LogP contribution in [-0.4, -0.2) is 36.1 Å². The highest BCUT2D eigenvalue weighted by Crippen LogP contribution is 2.27. The number of aryl methyl sites for hydroxylation is 2. The van der Waals surface area contributed by atoms with Crippen LogP contribution in [0.5, 0.6) is 0 Å². The Labute approximate surface area is 144 Å². The van der Waals surface area contributed by atoms with Gasteiger partial charge in [-0.3, -0.25) is 9.59 Å². The maximum atomic E-state index is 12.6. The molecule has 0 aliphatic carbocycles. The topological polar surface area (TPSA) is 69.6 Å². The SMILES string of the molecule is Cc1cc(C)cc(N2CCC(C(=O)NCC(O)C(C)(C)C)C2=O)c1. The summed E-state index contributed by atoms with van der Waals surface area (Å²) in [7, 11) is 0. The molecule has 0 spiro atoms. The lowest BCUT2D eigenvalue weighted by Gasteiger charge is -2.26. The maximum absolute atomic E-state index is 12.6. The summed E-state index contributed by atoms with van der Waals surface area (Å²) in [5.41, 5.74) is 2.73. The normalized spacial score (nSPS) is 19.5. The summed E-state index contributed by atoms with van der Waals surface area (Å²) >= 11 is 0. The van der Waals surface area contributed by atoms with Gasteiger partial charge in [0.25, 0.3) is 0 Å². The number of aliphatic hydroxyl groups excluding tert-OH is 1. The molecule has 0 saturated carbocycles. The minimum atomic E-state index is -0.669. The number of anilines is 1. The van der Waals surface area contributed by atoms with Crippen LogP contribution in [0.1, 0.15) is 38.3 Å². The van der Waals surface area contributed by atoms with Gasteiger partial charge in [-0.25, -0.2) is 0 Å². The minimum absolute atomic E-state index is 0.162. The van der Waals surface area contributed by atoms with Crippen molar-refractivity contribution in [2.24, 2.45) is 11.3 Å². The minimum Gasteiger partial charge on any atom is -0.391 e. The molecule has 5 heteroatoms. The number of carbonyl (C=O) groups excluding carboxylic acids is 2. The summed E-state index contributed by atoms with van der Waals surface area (Å²) in [5.74, 6) is -1.13.